The van der Waals surface area contributed by atoms with Gasteiger partial charge in [0.05, 0.1) is 5.97 Å². The van der Waals surface area contributed by atoms with Crippen molar-refractivity contribution in [3.05, 3.63) is 12.7 Å². The fourth-order valence-electron chi connectivity index (χ4n) is 0. The maximum Gasteiger partial charge on any atom is 3.00 e. The van der Waals surface area contributed by atoms with Crippen LogP contribution in [-0.2, 0) is 32.0 Å². The molecule has 0 spiro atoms. The Balaban J connectivity index is -0.0000000800. The number of rotatable bonds is 1. The average molecular weight is 135 g/mol. The molecule has 0 atom stereocenters. The van der Waals surface area contributed by atoms with E-state index in [2.05, 4.69) is 6.58 Å². The van der Waals surface area contributed by atoms with Gasteiger partial charge in [-0.2, -0.15) is 0 Å². The van der Waals surface area contributed by atoms with E-state index >= 15 is 0 Å². The number of carbonyl (C=O) groups is 1. The van der Waals surface area contributed by atoms with Gasteiger partial charge < -0.3 is 15.4 Å². The topological polar surface area (TPSA) is 68.6 Å². The Morgan fingerprint density at radius 3 is 1.86 bits per heavy atom. The molecule has 0 heterocycles. The van der Waals surface area contributed by atoms with Gasteiger partial charge in [-0.1, -0.05) is 6.58 Å². The van der Waals surface area contributed by atoms with Crippen LogP contribution in [0, 0.1) is 0 Å². The Labute approximate surface area is 56.2 Å². The van der Waals surface area contributed by atoms with Gasteiger partial charge in [-0.15, -0.1) is 0 Å². The zero-order valence-electron chi connectivity index (χ0n) is 3.51. The predicted molar refractivity (Wildman–Crippen MR) is 15.9 cm³/mol. The Morgan fingerprint density at radius 1 is 1.71 bits per heavy atom. The fraction of sp³-hybridized carbons (Fsp3) is 0. The van der Waals surface area contributed by atoms with E-state index in [4.69, 9.17) is 9.90 Å². The summed E-state index contributed by atoms with van der Waals surface area (Å²) in [6.45, 7) is 2.90. The van der Waals surface area contributed by atoms with Gasteiger partial charge in [0.1, 0.15) is 0 Å². The van der Waals surface area contributed by atoms with Crippen LogP contribution in [0.1, 0.15) is 0 Å². The van der Waals surface area contributed by atoms with E-state index in [9.17, 15) is 0 Å². The van der Waals surface area contributed by atoms with E-state index in [0.717, 1.165) is 6.08 Å². The second kappa shape index (κ2) is 9.30. The first-order valence-corrected chi connectivity index (χ1v) is 1.11. The van der Waals surface area contributed by atoms with Crippen LogP contribution < -0.4 is 5.11 Å². The third-order valence-electron chi connectivity index (χ3n) is 0.167. The maximum absolute atomic E-state index is 9.14. The van der Waals surface area contributed by atoms with E-state index in [0.29, 0.717) is 0 Å². The molecule has 0 aliphatic heterocycles. The molecule has 1 radical (unpaired) electrons. The first kappa shape index (κ1) is 15.8. The van der Waals surface area contributed by atoms with E-state index in [1.54, 1.807) is 0 Å². The van der Waals surface area contributed by atoms with E-state index in [1.807, 2.05) is 0 Å². The molecule has 0 unspecified atom stereocenters. The van der Waals surface area contributed by atoms with Crippen LogP contribution in [0.4, 0.5) is 0 Å². The van der Waals surface area contributed by atoms with Gasteiger partial charge in [0.25, 0.3) is 0 Å². The fourth-order valence-corrected chi connectivity index (χ4v) is 0. The SMILES string of the molecule is C=CC(=O)[O-].[O-2].[Ti+3]. The third-order valence-corrected chi connectivity index (χ3v) is 0.167. The zero-order valence-corrected chi connectivity index (χ0v) is 5.07. The molecule has 0 aromatic rings. The molecular formula is C3H3O3Ti. The Bertz CT molecular complexity index is 61.2. The second-order valence-corrected chi connectivity index (χ2v) is 0.523. The van der Waals surface area contributed by atoms with Crippen LogP contribution in [0.2, 0.25) is 0 Å². The minimum atomic E-state index is -1.23. The van der Waals surface area contributed by atoms with Crippen molar-refractivity contribution in [1.29, 1.82) is 0 Å². The summed E-state index contributed by atoms with van der Waals surface area (Å²) in [5.74, 6) is -1.23. The molecule has 3 nitrogen and oxygen atoms in total. The maximum atomic E-state index is 9.14. The van der Waals surface area contributed by atoms with Crippen molar-refractivity contribution in [2.24, 2.45) is 0 Å². The minimum Gasteiger partial charge on any atom is -2.00 e. The molecule has 0 saturated heterocycles. The van der Waals surface area contributed by atoms with Crippen molar-refractivity contribution in [2.45, 2.75) is 0 Å². The summed E-state index contributed by atoms with van der Waals surface area (Å²) in [5.41, 5.74) is 0. The van der Waals surface area contributed by atoms with Crippen molar-refractivity contribution in [1.82, 2.24) is 0 Å². The van der Waals surface area contributed by atoms with E-state index in [1.165, 1.54) is 0 Å². The third kappa shape index (κ3) is 25.0. The number of carbonyl (C=O) groups excluding carboxylic acids is 1. The van der Waals surface area contributed by atoms with E-state index in [-0.39, 0.29) is 27.2 Å². The number of hydrogen-bond acceptors (Lipinski definition) is 2. The van der Waals surface area contributed by atoms with Crippen LogP contribution in [0.5, 0.6) is 0 Å². The van der Waals surface area contributed by atoms with Crippen molar-refractivity contribution < 1.29 is 37.1 Å². The molecule has 0 saturated carbocycles. The van der Waals surface area contributed by atoms with Crippen LogP contribution in [-0.4, -0.2) is 5.97 Å². The quantitative estimate of drug-likeness (QED) is 0.334. The van der Waals surface area contributed by atoms with Crippen molar-refractivity contribution in [3.63, 3.8) is 0 Å². The van der Waals surface area contributed by atoms with Crippen molar-refractivity contribution in [2.75, 3.05) is 0 Å². The molecule has 37 valence electrons. The van der Waals surface area contributed by atoms with Crippen LogP contribution in [0.25, 0.3) is 0 Å². The van der Waals surface area contributed by atoms with Gasteiger partial charge in [0.15, 0.2) is 0 Å². The normalized spacial score (nSPS) is 4.57. The molecule has 0 aromatic carbocycles. The number of aliphatic carboxylic acids is 1. The summed E-state index contributed by atoms with van der Waals surface area (Å²) in [4.78, 5) is 9.14. The number of carboxylic acid groups (broad SMARTS) is 1. The summed E-state index contributed by atoms with van der Waals surface area (Å²) in [5, 5.41) is 9.14. The molecule has 0 aliphatic carbocycles. The first-order chi connectivity index (χ1) is 2.27. The van der Waals surface area contributed by atoms with Gasteiger partial charge in [-0.05, 0) is 6.08 Å². The molecule has 0 fully saturated rings. The minimum absolute atomic E-state index is 0. The summed E-state index contributed by atoms with van der Waals surface area (Å²) in [6, 6.07) is 0. The first-order valence-electron chi connectivity index (χ1n) is 1.11. The number of carboxylic acids is 1. The van der Waals surface area contributed by atoms with Gasteiger partial charge in [0.2, 0.25) is 0 Å². The molecule has 0 amide bonds. The molecule has 4 heteroatoms. The van der Waals surface area contributed by atoms with Crippen LogP contribution >= 0.6 is 0 Å². The summed E-state index contributed by atoms with van der Waals surface area (Å²) < 4.78 is 0. The monoisotopic (exact) mass is 135 g/mol. The molecule has 0 aliphatic rings. The Kier molecular flexibility index (Phi) is 21.0. The van der Waals surface area contributed by atoms with Crippen LogP contribution in [0.3, 0.4) is 0 Å². The summed E-state index contributed by atoms with van der Waals surface area (Å²) >= 11 is 0. The molecule has 0 rings (SSSR count). The van der Waals surface area contributed by atoms with Gasteiger partial charge in [-0.25, -0.2) is 0 Å². The largest absolute Gasteiger partial charge is 3.00 e. The van der Waals surface area contributed by atoms with Crippen molar-refractivity contribution >= 4 is 5.97 Å². The second-order valence-electron chi connectivity index (χ2n) is 0.523. The summed E-state index contributed by atoms with van der Waals surface area (Å²) in [6.07, 6.45) is 0.722. The average Bonchev–Trinajstić information content (AvgIpc) is 1.38. The Hall–Kier alpha value is -0.116. The Morgan fingerprint density at radius 2 is 1.86 bits per heavy atom. The molecule has 7 heavy (non-hydrogen) atoms. The predicted octanol–water partition coefficient (Wildman–Crippen LogP) is -1.20. The van der Waals surface area contributed by atoms with Crippen LogP contribution in [0.15, 0.2) is 12.7 Å². The van der Waals surface area contributed by atoms with Crippen molar-refractivity contribution in [3.8, 4) is 0 Å². The summed E-state index contributed by atoms with van der Waals surface area (Å²) in [7, 11) is 0. The van der Waals surface area contributed by atoms with E-state index < -0.39 is 5.97 Å². The van der Waals surface area contributed by atoms with Gasteiger partial charge in [-0.3, -0.25) is 0 Å². The zero-order chi connectivity index (χ0) is 4.28. The molecule has 0 aromatic heterocycles. The smallest absolute Gasteiger partial charge is 2.00 e. The van der Waals surface area contributed by atoms with Gasteiger partial charge >= 0.3 is 21.7 Å². The standard InChI is InChI=1S/C3H4O2.O.Ti/c1-2-3(4)5;;/h2H,1H2,(H,4,5);;/q;-2;+3/p-1. The molecule has 0 N–H and O–H groups in total. The number of hydrogen-bond donors (Lipinski definition) is 0. The van der Waals surface area contributed by atoms with Gasteiger partial charge in [0, 0.05) is 0 Å². The molecule has 0 bridgehead atoms. The molecular weight excluding hydrogens is 132 g/mol.